The van der Waals surface area contributed by atoms with Gasteiger partial charge in [0, 0.05) is 69.0 Å². The number of pyridine rings is 1. The molecule has 2 aliphatic heterocycles. The molecule has 0 radical (unpaired) electrons. The smallest absolute Gasteiger partial charge is 0.225 e. The van der Waals surface area contributed by atoms with Crippen LogP contribution in [0.4, 0.5) is 0 Å². The van der Waals surface area contributed by atoms with Gasteiger partial charge in [0.15, 0.2) is 5.78 Å². The van der Waals surface area contributed by atoms with Gasteiger partial charge in [-0.25, -0.2) is 0 Å². The lowest BCUT2D eigenvalue weighted by molar-refractivity contribution is -0.139. The summed E-state index contributed by atoms with van der Waals surface area (Å²) in [6.07, 6.45) is 7.51. The lowest BCUT2D eigenvalue weighted by atomic mass is 9.87. The highest BCUT2D eigenvalue weighted by Gasteiger charge is 2.30. The van der Waals surface area contributed by atoms with E-state index >= 15 is 0 Å². The molecule has 3 aromatic rings. The van der Waals surface area contributed by atoms with Crippen LogP contribution in [-0.2, 0) is 23.0 Å². The number of carbonyl (C=O) groups excluding carboxylic acids is 2. The first-order valence-corrected chi connectivity index (χ1v) is 12.4. The highest BCUT2D eigenvalue weighted by molar-refractivity contribution is 5.97. The van der Waals surface area contributed by atoms with Gasteiger partial charge in [0.1, 0.15) is 5.69 Å². The van der Waals surface area contributed by atoms with Crippen molar-refractivity contribution in [3.8, 4) is 6.07 Å². The number of nitriles is 1. The summed E-state index contributed by atoms with van der Waals surface area (Å²) in [6, 6.07) is 11.4. The second kappa shape index (κ2) is 10.0. The van der Waals surface area contributed by atoms with Crippen molar-refractivity contribution in [1.29, 1.82) is 5.26 Å². The zero-order valence-electron chi connectivity index (χ0n) is 20.1. The molecule has 0 N–H and O–H groups in total. The van der Waals surface area contributed by atoms with E-state index in [0.29, 0.717) is 36.3 Å². The maximum absolute atomic E-state index is 12.9. The highest BCUT2D eigenvalue weighted by atomic mass is 16.5. The van der Waals surface area contributed by atoms with Crippen LogP contribution in [0.15, 0.2) is 42.7 Å². The Morgan fingerprint density at radius 3 is 2.63 bits per heavy atom. The largest absolute Gasteiger partial charge is 0.381 e. The fraction of sp³-hybridized carbons (Fsp3) is 0.429. The molecule has 1 aromatic carbocycles. The maximum Gasteiger partial charge on any atom is 0.225 e. The van der Waals surface area contributed by atoms with Crippen LogP contribution < -0.4 is 0 Å². The standard InChI is InChI=1S/C28H30N4O3/c1-31-18-24(21-5-10-32(11-6-21)28(34)22-7-12-35-13-8-22)23-14-19(2-3-26(23)31)16-27(33)25-15-20(17-29)4-9-30-25/h2-4,9,14-15,18,21-22H,5-8,10-13,16H2,1H3. The van der Waals surface area contributed by atoms with Gasteiger partial charge in [-0.1, -0.05) is 6.07 Å². The molecule has 4 heterocycles. The van der Waals surface area contributed by atoms with Gasteiger partial charge in [-0.05, 0) is 67.0 Å². The number of benzene rings is 1. The quantitative estimate of drug-likeness (QED) is 0.526. The van der Waals surface area contributed by atoms with Gasteiger partial charge in [-0.15, -0.1) is 0 Å². The van der Waals surface area contributed by atoms with E-state index in [4.69, 9.17) is 10.00 Å². The summed E-state index contributed by atoms with van der Waals surface area (Å²) in [5.74, 6) is 0.692. The summed E-state index contributed by atoms with van der Waals surface area (Å²) in [4.78, 5) is 31.9. The Kier molecular flexibility index (Phi) is 6.65. The van der Waals surface area contributed by atoms with Crippen molar-refractivity contribution in [2.45, 2.75) is 38.0 Å². The first-order chi connectivity index (χ1) is 17.0. The molecule has 0 unspecified atom stereocenters. The van der Waals surface area contributed by atoms with Crippen molar-refractivity contribution in [1.82, 2.24) is 14.5 Å². The molecule has 2 aliphatic rings. The number of nitrogens with zero attached hydrogens (tertiary/aromatic N) is 4. The van der Waals surface area contributed by atoms with E-state index in [1.807, 2.05) is 11.0 Å². The molecule has 0 bridgehead atoms. The number of ether oxygens (including phenoxy) is 1. The van der Waals surface area contributed by atoms with E-state index < -0.39 is 0 Å². The summed E-state index contributed by atoms with van der Waals surface area (Å²) in [5, 5.41) is 10.3. The molecule has 0 aliphatic carbocycles. The van der Waals surface area contributed by atoms with E-state index in [2.05, 4.69) is 41.0 Å². The van der Waals surface area contributed by atoms with E-state index in [0.717, 1.165) is 49.9 Å². The second-order valence-electron chi connectivity index (χ2n) is 9.67. The first-order valence-electron chi connectivity index (χ1n) is 12.4. The molecule has 0 spiro atoms. The number of hydrogen-bond acceptors (Lipinski definition) is 5. The van der Waals surface area contributed by atoms with Crippen LogP contribution in [0, 0.1) is 17.2 Å². The predicted octanol–water partition coefficient (Wildman–Crippen LogP) is 4.00. The van der Waals surface area contributed by atoms with Crippen molar-refractivity contribution in [3.63, 3.8) is 0 Å². The third-order valence-electron chi connectivity index (χ3n) is 7.44. The van der Waals surface area contributed by atoms with Crippen molar-refractivity contribution in [2.24, 2.45) is 13.0 Å². The number of fused-ring (bicyclic) bond motifs is 1. The SMILES string of the molecule is Cn1cc(C2CCN(C(=O)C3CCOCC3)CC2)c2cc(CC(=O)c3cc(C#N)ccn3)ccc21. The molecule has 0 atom stereocenters. The van der Waals surface area contributed by atoms with Crippen LogP contribution in [0.2, 0.25) is 0 Å². The summed E-state index contributed by atoms with van der Waals surface area (Å²) < 4.78 is 7.56. The van der Waals surface area contributed by atoms with Crippen LogP contribution in [0.1, 0.15) is 58.8 Å². The van der Waals surface area contributed by atoms with E-state index in [1.54, 1.807) is 12.1 Å². The van der Waals surface area contributed by atoms with Gasteiger partial charge in [0.05, 0.1) is 11.6 Å². The Balaban J connectivity index is 1.31. The third kappa shape index (κ3) is 4.85. The lowest BCUT2D eigenvalue weighted by Crippen LogP contribution is -2.42. The number of ketones is 1. The average molecular weight is 471 g/mol. The zero-order chi connectivity index (χ0) is 24.4. The third-order valence-corrected chi connectivity index (χ3v) is 7.44. The van der Waals surface area contributed by atoms with Crippen molar-refractivity contribution in [3.05, 3.63) is 65.1 Å². The number of aromatic nitrogens is 2. The molecule has 180 valence electrons. The number of carbonyl (C=O) groups is 2. The van der Waals surface area contributed by atoms with Gasteiger partial charge in [0.25, 0.3) is 0 Å². The minimum atomic E-state index is -0.0983. The first kappa shape index (κ1) is 23.3. The molecule has 2 saturated heterocycles. The van der Waals surface area contributed by atoms with Gasteiger partial charge in [0.2, 0.25) is 5.91 Å². The molecule has 0 saturated carbocycles. The second-order valence-corrected chi connectivity index (χ2v) is 9.67. The van der Waals surface area contributed by atoms with Gasteiger partial charge >= 0.3 is 0 Å². The minimum Gasteiger partial charge on any atom is -0.381 e. The summed E-state index contributed by atoms with van der Waals surface area (Å²) in [5.41, 5.74) is 4.12. The van der Waals surface area contributed by atoms with Gasteiger partial charge in [-0.3, -0.25) is 14.6 Å². The number of hydrogen-bond donors (Lipinski definition) is 0. The summed E-state index contributed by atoms with van der Waals surface area (Å²) in [6.45, 7) is 2.95. The molecule has 1 amide bonds. The van der Waals surface area contributed by atoms with E-state index in [9.17, 15) is 9.59 Å². The molecular formula is C28H30N4O3. The number of amides is 1. The molecule has 7 heteroatoms. The number of piperidine rings is 1. The van der Waals surface area contributed by atoms with Crippen LogP contribution in [-0.4, -0.2) is 52.4 Å². The Hall–Kier alpha value is -3.50. The Morgan fingerprint density at radius 1 is 1.11 bits per heavy atom. The number of Topliss-reactive ketones (excluding diaryl/α,β-unsaturated/α-hetero) is 1. The Labute approximate surface area is 205 Å². The highest BCUT2D eigenvalue weighted by Crippen LogP contribution is 2.35. The Morgan fingerprint density at radius 2 is 1.89 bits per heavy atom. The van der Waals surface area contributed by atoms with E-state index in [1.165, 1.54) is 17.1 Å². The van der Waals surface area contributed by atoms with Crippen molar-refractivity contribution < 1.29 is 14.3 Å². The molecule has 2 aromatic heterocycles. The fourth-order valence-electron chi connectivity index (χ4n) is 5.45. The average Bonchev–Trinajstić information content (AvgIpc) is 3.24. The van der Waals surface area contributed by atoms with Crippen molar-refractivity contribution >= 4 is 22.6 Å². The van der Waals surface area contributed by atoms with Crippen LogP contribution in [0.3, 0.4) is 0 Å². The van der Waals surface area contributed by atoms with Crippen LogP contribution >= 0.6 is 0 Å². The Bertz CT molecular complexity index is 1290. The van der Waals surface area contributed by atoms with Gasteiger partial charge in [-0.2, -0.15) is 5.26 Å². The predicted molar refractivity (Wildman–Crippen MR) is 132 cm³/mol. The monoisotopic (exact) mass is 470 g/mol. The molecular weight excluding hydrogens is 440 g/mol. The molecule has 7 nitrogen and oxygen atoms in total. The summed E-state index contributed by atoms with van der Waals surface area (Å²) >= 11 is 0. The minimum absolute atomic E-state index is 0.0983. The summed E-state index contributed by atoms with van der Waals surface area (Å²) in [7, 11) is 2.05. The maximum atomic E-state index is 12.9. The van der Waals surface area contributed by atoms with Crippen LogP contribution in [0.5, 0.6) is 0 Å². The molecule has 2 fully saturated rings. The molecule has 5 rings (SSSR count). The van der Waals surface area contributed by atoms with Gasteiger partial charge < -0.3 is 14.2 Å². The normalized spacial score (nSPS) is 17.4. The van der Waals surface area contributed by atoms with E-state index in [-0.39, 0.29) is 18.1 Å². The fourth-order valence-corrected chi connectivity index (χ4v) is 5.45. The number of rotatable bonds is 5. The topological polar surface area (TPSA) is 88.2 Å². The van der Waals surface area contributed by atoms with Crippen molar-refractivity contribution in [2.75, 3.05) is 26.3 Å². The zero-order valence-corrected chi connectivity index (χ0v) is 20.1. The number of likely N-dealkylation sites (tertiary alicyclic amines) is 1. The lowest BCUT2D eigenvalue weighted by Gasteiger charge is -2.35. The number of aryl methyl sites for hydroxylation is 1. The van der Waals surface area contributed by atoms with Crippen LogP contribution in [0.25, 0.3) is 10.9 Å². The molecule has 35 heavy (non-hydrogen) atoms.